The van der Waals surface area contributed by atoms with Gasteiger partial charge < -0.3 is 14.5 Å². The lowest BCUT2D eigenvalue weighted by Gasteiger charge is -2.36. The molecule has 0 atom stereocenters. The van der Waals surface area contributed by atoms with E-state index in [0.717, 1.165) is 11.4 Å². The number of piperazine rings is 1. The van der Waals surface area contributed by atoms with Gasteiger partial charge in [-0.2, -0.15) is 14.8 Å². The van der Waals surface area contributed by atoms with Crippen LogP contribution < -0.4 is 20.1 Å². The number of nitrogens with zero attached hydrogens (tertiary/aromatic N) is 6. The van der Waals surface area contributed by atoms with Crippen molar-refractivity contribution in [1.82, 2.24) is 19.7 Å². The van der Waals surface area contributed by atoms with Crippen LogP contribution >= 0.6 is 23.2 Å². The molecule has 0 amide bonds. The highest BCUT2D eigenvalue weighted by Crippen LogP contribution is 2.25. The number of methoxy groups -OCH3 is 1. The normalized spacial score (nSPS) is 14.1. The van der Waals surface area contributed by atoms with E-state index < -0.39 is 0 Å². The maximum atomic E-state index is 12.8. The fraction of sp³-hybridized carbons (Fsp3) is 0.300. The molecule has 156 valence electrons. The van der Waals surface area contributed by atoms with E-state index in [1.165, 1.54) is 4.68 Å². The number of hydrogen-bond acceptors (Lipinski definition) is 7. The highest BCUT2D eigenvalue weighted by molar-refractivity contribution is 6.33. The monoisotopic (exact) mass is 446 g/mol. The molecule has 30 heavy (non-hydrogen) atoms. The van der Waals surface area contributed by atoms with E-state index in [1.54, 1.807) is 37.8 Å². The molecule has 1 aliphatic rings. The zero-order valence-corrected chi connectivity index (χ0v) is 18.1. The van der Waals surface area contributed by atoms with Crippen molar-refractivity contribution in [3.8, 4) is 11.6 Å². The van der Waals surface area contributed by atoms with Crippen molar-refractivity contribution in [3.05, 3.63) is 62.8 Å². The number of ether oxygens (including phenoxy) is 1. The highest BCUT2D eigenvalue weighted by atomic mass is 35.5. The predicted molar refractivity (Wildman–Crippen MR) is 118 cm³/mol. The van der Waals surface area contributed by atoms with E-state index in [4.69, 9.17) is 27.9 Å². The van der Waals surface area contributed by atoms with Crippen LogP contribution in [-0.2, 0) is 0 Å². The van der Waals surface area contributed by atoms with Crippen LogP contribution in [0, 0.1) is 6.92 Å². The van der Waals surface area contributed by atoms with Gasteiger partial charge in [-0.25, -0.2) is 0 Å². The minimum Gasteiger partial charge on any atom is -0.480 e. The van der Waals surface area contributed by atoms with Crippen LogP contribution in [-0.4, -0.2) is 53.0 Å². The Kier molecular flexibility index (Phi) is 5.78. The Balaban J connectivity index is 1.53. The fourth-order valence-corrected chi connectivity index (χ4v) is 3.73. The minimum absolute atomic E-state index is 0.135. The lowest BCUT2D eigenvalue weighted by atomic mass is 10.2. The summed E-state index contributed by atoms with van der Waals surface area (Å²) >= 11 is 12.6. The van der Waals surface area contributed by atoms with Crippen LogP contribution in [0.5, 0.6) is 5.88 Å². The number of hydrogen-bond donors (Lipinski definition) is 0. The second-order valence-corrected chi connectivity index (χ2v) is 7.67. The second-order valence-electron chi connectivity index (χ2n) is 6.89. The quantitative estimate of drug-likeness (QED) is 0.609. The topological polar surface area (TPSA) is 76.4 Å². The summed E-state index contributed by atoms with van der Waals surface area (Å²) in [6, 6.07) is 5.34. The molecule has 1 saturated heterocycles. The van der Waals surface area contributed by atoms with E-state index in [2.05, 4.69) is 20.0 Å². The Bertz CT molecular complexity index is 1130. The largest absolute Gasteiger partial charge is 0.480 e. The number of halogens is 2. The molecule has 1 aliphatic heterocycles. The first-order valence-electron chi connectivity index (χ1n) is 9.38. The zero-order chi connectivity index (χ0) is 21.3. The number of rotatable bonds is 4. The predicted octanol–water partition coefficient (Wildman–Crippen LogP) is 2.97. The third-order valence-electron chi connectivity index (χ3n) is 5.05. The molecule has 0 N–H and O–H groups in total. The van der Waals surface area contributed by atoms with Gasteiger partial charge in [0, 0.05) is 31.2 Å². The molecule has 4 rings (SSSR count). The van der Waals surface area contributed by atoms with Crippen molar-refractivity contribution in [2.24, 2.45) is 0 Å². The van der Waals surface area contributed by atoms with Crippen LogP contribution in [0.1, 0.15) is 5.56 Å². The molecule has 0 spiro atoms. The molecule has 0 unspecified atom stereocenters. The lowest BCUT2D eigenvalue weighted by Crippen LogP contribution is -2.47. The van der Waals surface area contributed by atoms with Crippen molar-refractivity contribution in [2.45, 2.75) is 6.92 Å². The Morgan fingerprint density at radius 2 is 1.77 bits per heavy atom. The Morgan fingerprint density at radius 3 is 2.47 bits per heavy atom. The Hall–Kier alpha value is -2.84. The van der Waals surface area contributed by atoms with Crippen LogP contribution in [0.3, 0.4) is 0 Å². The molecule has 0 radical (unpaired) electrons. The average molecular weight is 447 g/mol. The number of anilines is 2. The maximum absolute atomic E-state index is 12.8. The van der Waals surface area contributed by atoms with E-state index in [-0.39, 0.29) is 10.6 Å². The first-order chi connectivity index (χ1) is 14.5. The molecule has 3 aromatic rings. The molecule has 8 nitrogen and oxygen atoms in total. The fourth-order valence-electron chi connectivity index (χ4n) is 3.31. The first kappa shape index (κ1) is 20.4. The maximum Gasteiger partial charge on any atom is 0.292 e. The summed E-state index contributed by atoms with van der Waals surface area (Å²) in [7, 11) is 1.56. The van der Waals surface area contributed by atoms with Gasteiger partial charge in [-0.15, -0.1) is 0 Å². The smallest absolute Gasteiger partial charge is 0.292 e. The second kappa shape index (κ2) is 8.49. The van der Waals surface area contributed by atoms with Crippen molar-refractivity contribution in [2.75, 3.05) is 43.1 Å². The third kappa shape index (κ3) is 3.93. The molecule has 1 fully saturated rings. The van der Waals surface area contributed by atoms with Gasteiger partial charge in [-0.1, -0.05) is 29.3 Å². The molecule has 2 aromatic heterocycles. The van der Waals surface area contributed by atoms with Gasteiger partial charge in [-0.05, 0) is 24.6 Å². The van der Waals surface area contributed by atoms with Gasteiger partial charge in [0.05, 0.1) is 37.1 Å². The number of aromatic nitrogens is 4. The van der Waals surface area contributed by atoms with Gasteiger partial charge >= 0.3 is 0 Å². The summed E-state index contributed by atoms with van der Waals surface area (Å²) in [6.45, 7) is 4.64. The van der Waals surface area contributed by atoms with Gasteiger partial charge in [0.1, 0.15) is 5.02 Å². The summed E-state index contributed by atoms with van der Waals surface area (Å²) in [6.07, 6.45) is 4.90. The summed E-state index contributed by atoms with van der Waals surface area (Å²) in [5.41, 5.74) is 1.74. The van der Waals surface area contributed by atoms with Crippen molar-refractivity contribution in [3.63, 3.8) is 0 Å². The van der Waals surface area contributed by atoms with Crippen molar-refractivity contribution < 1.29 is 4.74 Å². The minimum atomic E-state index is -0.379. The zero-order valence-electron chi connectivity index (χ0n) is 16.5. The molecule has 0 aliphatic carbocycles. The van der Waals surface area contributed by atoms with Crippen LogP contribution in [0.2, 0.25) is 10.0 Å². The van der Waals surface area contributed by atoms with Gasteiger partial charge in [0.15, 0.2) is 5.82 Å². The van der Waals surface area contributed by atoms with E-state index in [1.807, 2.05) is 17.9 Å². The average Bonchev–Trinajstić information content (AvgIpc) is 2.78. The number of benzene rings is 1. The van der Waals surface area contributed by atoms with Crippen molar-refractivity contribution >= 4 is 34.7 Å². The summed E-state index contributed by atoms with van der Waals surface area (Å²) in [5.74, 6) is 1.23. The Labute approximate surface area is 183 Å². The van der Waals surface area contributed by atoms with Gasteiger partial charge in [0.25, 0.3) is 5.56 Å². The highest BCUT2D eigenvalue weighted by Gasteiger charge is 2.23. The molecule has 0 saturated carbocycles. The van der Waals surface area contributed by atoms with Crippen LogP contribution in [0.15, 0.2) is 41.6 Å². The SMILES string of the molecule is COc1cncc(N2CCN(c3cnn(-c4ccc(C)c(Cl)c4)c(=O)c3Cl)CC2)n1. The van der Waals surface area contributed by atoms with E-state index in [9.17, 15) is 4.79 Å². The summed E-state index contributed by atoms with van der Waals surface area (Å²) < 4.78 is 6.41. The van der Waals surface area contributed by atoms with E-state index >= 15 is 0 Å². The first-order valence-corrected chi connectivity index (χ1v) is 10.1. The van der Waals surface area contributed by atoms with Crippen LogP contribution in [0.25, 0.3) is 5.69 Å². The van der Waals surface area contributed by atoms with Crippen molar-refractivity contribution in [1.29, 1.82) is 0 Å². The molecular formula is C20H20Cl2N6O2. The molecule has 0 bridgehead atoms. The number of aryl methyl sites for hydroxylation is 1. The standard InChI is InChI=1S/C20H20Cl2N6O2/c1-13-3-4-14(9-15(13)21)28-20(29)19(22)16(10-24-28)26-5-7-27(8-6-26)17-11-23-12-18(25-17)30-2/h3-4,9-12H,5-8H2,1-2H3. The van der Waals surface area contributed by atoms with E-state index in [0.29, 0.717) is 48.5 Å². The van der Waals surface area contributed by atoms with Gasteiger partial charge in [0.2, 0.25) is 5.88 Å². The lowest BCUT2D eigenvalue weighted by molar-refractivity contribution is 0.395. The summed E-state index contributed by atoms with van der Waals surface area (Å²) in [4.78, 5) is 25.6. The Morgan fingerprint density at radius 1 is 1.03 bits per heavy atom. The molecular weight excluding hydrogens is 427 g/mol. The summed E-state index contributed by atoms with van der Waals surface area (Å²) in [5, 5.41) is 5.03. The molecule has 10 heteroatoms. The molecule has 3 heterocycles. The molecule has 1 aromatic carbocycles. The van der Waals surface area contributed by atoms with Crippen LogP contribution in [0.4, 0.5) is 11.5 Å². The van der Waals surface area contributed by atoms with Gasteiger partial charge in [-0.3, -0.25) is 9.78 Å². The third-order valence-corrected chi connectivity index (χ3v) is 5.82.